The van der Waals surface area contributed by atoms with Crippen molar-refractivity contribution in [3.8, 4) is 0 Å². The number of halogens is 6. The zero-order chi connectivity index (χ0) is 26.8. The first kappa shape index (κ1) is 26.0. The molecule has 1 aliphatic rings. The number of benzene rings is 1. The number of hydrogen-bond acceptors (Lipinski definition) is 6. The van der Waals surface area contributed by atoms with Crippen molar-refractivity contribution in [3.63, 3.8) is 0 Å². The van der Waals surface area contributed by atoms with Gasteiger partial charge in [0.1, 0.15) is 5.82 Å². The smallest absolute Gasteiger partial charge is 0.352 e. The quantitative estimate of drug-likeness (QED) is 0.449. The largest absolute Gasteiger partial charge is 0.416 e. The van der Waals surface area contributed by atoms with Crippen molar-refractivity contribution in [3.05, 3.63) is 65.4 Å². The predicted molar refractivity (Wildman–Crippen MR) is 124 cm³/mol. The van der Waals surface area contributed by atoms with E-state index in [1.54, 1.807) is 18.3 Å². The number of nitrogens with zero attached hydrogens (tertiary/aromatic N) is 5. The Hall–Kier alpha value is -4.10. The average Bonchev–Trinajstić information content (AvgIpc) is 2.83. The first-order valence-electron chi connectivity index (χ1n) is 11.0. The van der Waals surface area contributed by atoms with Crippen LogP contribution in [0.2, 0.25) is 0 Å². The topological polar surface area (TPSA) is 86.3 Å². The van der Waals surface area contributed by atoms with Gasteiger partial charge in [0.05, 0.1) is 11.1 Å². The molecule has 196 valence electrons. The van der Waals surface area contributed by atoms with Crippen molar-refractivity contribution in [1.82, 2.24) is 20.1 Å². The molecular weight excluding hydrogens is 504 g/mol. The molecule has 1 fully saturated rings. The van der Waals surface area contributed by atoms with E-state index >= 15 is 0 Å². The second-order valence-corrected chi connectivity index (χ2v) is 8.32. The van der Waals surface area contributed by atoms with E-state index in [-0.39, 0.29) is 19.2 Å². The third-order valence-corrected chi connectivity index (χ3v) is 5.55. The van der Waals surface area contributed by atoms with Gasteiger partial charge in [-0.05, 0) is 55.0 Å². The number of urea groups is 1. The molecule has 4 rings (SSSR count). The van der Waals surface area contributed by atoms with Crippen LogP contribution in [0, 0.1) is 6.92 Å². The Kier molecular flexibility index (Phi) is 7.09. The lowest BCUT2D eigenvalue weighted by Crippen LogP contribution is -2.50. The highest BCUT2D eigenvalue weighted by Crippen LogP contribution is 2.37. The van der Waals surface area contributed by atoms with Crippen LogP contribution in [0.15, 0.2) is 48.7 Å². The number of aromatic nitrogens is 3. The van der Waals surface area contributed by atoms with Gasteiger partial charge in [-0.15, -0.1) is 10.2 Å². The van der Waals surface area contributed by atoms with Crippen molar-refractivity contribution < 1.29 is 31.1 Å². The normalized spacial score (nSPS) is 14.5. The van der Waals surface area contributed by atoms with Crippen molar-refractivity contribution in [2.75, 3.05) is 41.7 Å². The highest BCUT2D eigenvalue weighted by Gasteiger charge is 2.37. The van der Waals surface area contributed by atoms with Crippen molar-refractivity contribution in [1.29, 1.82) is 0 Å². The molecule has 0 saturated carbocycles. The minimum atomic E-state index is -5.00. The highest BCUT2D eigenvalue weighted by molar-refractivity contribution is 5.89. The summed E-state index contributed by atoms with van der Waals surface area (Å²) in [5, 5.41) is 13.5. The number of rotatable bonds is 4. The molecule has 0 atom stereocenters. The zero-order valence-electron chi connectivity index (χ0n) is 19.4. The third kappa shape index (κ3) is 6.57. The summed E-state index contributed by atoms with van der Waals surface area (Å²) in [6, 6.07) is 7.32. The summed E-state index contributed by atoms with van der Waals surface area (Å²) in [5.74, 6) is 1.65. The molecule has 0 bridgehead atoms. The Morgan fingerprint density at radius 3 is 2.03 bits per heavy atom. The van der Waals surface area contributed by atoms with Gasteiger partial charge in [0, 0.05) is 38.1 Å². The van der Waals surface area contributed by atoms with E-state index in [1.807, 2.05) is 24.0 Å². The lowest BCUT2D eigenvalue weighted by molar-refractivity contribution is -0.143. The van der Waals surface area contributed by atoms with Crippen LogP contribution in [0.1, 0.15) is 16.7 Å². The fourth-order valence-electron chi connectivity index (χ4n) is 3.66. The number of aryl methyl sites for hydroxylation is 1. The van der Waals surface area contributed by atoms with Crippen LogP contribution in [-0.4, -0.2) is 52.3 Å². The highest BCUT2D eigenvalue weighted by atomic mass is 19.4. The second-order valence-electron chi connectivity index (χ2n) is 8.32. The molecule has 0 radical (unpaired) electrons. The average molecular weight is 525 g/mol. The summed E-state index contributed by atoms with van der Waals surface area (Å²) in [4.78, 5) is 19.9. The van der Waals surface area contributed by atoms with E-state index in [4.69, 9.17) is 0 Å². The number of amides is 2. The minimum Gasteiger partial charge on any atom is -0.352 e. The van der Waals surface area contributed by atoms with E-state index < -0.39 is 35.2 Å². The SMILES string of the molecule is Cc1ccnc(Nc2ccc(N3CCN(C(=O)Nc4cc(C(F)(F)F)cc(C(F)(F)F)c4)CC3)nn2)c1. The van der Waals surface area contributed by atoms with Crippen LogP contribution in [-0.2, 0) is 12.4 Å². The number of hydrogen-bond donors (Lipinski definition) is 2. The third-order valence-electron chi connectivity index (χ3n) is 5.55. The van der Waals surface area contributed by atoms with Gasteiger partial charge in [0.25, 0.3) is 0 Å². The van der Waals surface area contributed by atoms with Gasteiger partial charge in [-0.3, -0.25) is 0 Å². The van der Waals surface area contributed by atoms with Crippen molar-refractivity contribution in [2.45, 2.75) is 19.3 Å². The number of alkyl halides is 6. The molecule has 0 unspecified atom stereocenters. The first-order chi connectivity index (χ1) is 17.4. The van der Waals surface area contributed by atoms with Gasteiger partial charge in [-0.2, -0.15) is 26.3 Å². The number of carbonyl (C=O) groups excluding carboxylic acids is 1. The van der Waals surface area contributed by atoms with Crippen LogP contribution in [0.4, 0.5) is 54.3 Å². The maximum absolute atomic E-state index is 13.1. The Labute approximate surface area is 207 Å². The molecule has 8 nitrogen and oxygen atoms in total. The summed E-state index contributed by atoms with van der Waals surface area (Å²) >= 11 is 0. The van der Waals surface area contributed by atoms with E-state index in [2.05, 4.69) is 25.8 Å². The summed E-state index contributed by atoms with van der Waals surface area (Å²) in [6.07, 6.45) is -8.35. The summed E-state index contributed by atoms with van der Waals surface area (Å²) in [6.45, 7) is 2.95. The Morgan fingerprint density at radius 1 is 0.838 bits per heavy atom. The molecule has 3 aromatic rings. The van der Waals surface area contributed by atoms with Crippen LogP contribution >= 0.6 is 0 Å². The van der Waals surface area contributed by atoms with Crippen molar-refractivity contribution in [2.24, 2.45) is 0 Å². The van der Waals surface area contributed by atoms with Gasteiger partial charge in [-0.1, -0.05) is 0 Å². The van der Waals surface area contributed by atoms with E-state index in [0.29, 0.717) is 42.7 Å². The Morgan fingerprint density at radius 2 is 1.49 bits per heavy atom. The molecule has 2 amide bonds. The fourth-order valence-corrected chi connectivity index (χ4v) is 3.66. The monoisotopic (exact) mass is 525 g/mol. The van der Waals surface area contributed by atoms with Crippen LogP contribution in [0.25, 0.3) is 0 Å². The first-order valence-corrected chi connectivity index (χ1v) is 11.0. The van der Waals surface area contributed by atoms with E-state index in [9.17, 15) is 31.1 Å². The molecule has 14 heteroatoms. The van der Waals surface area contributed by atoms with Gasteiger partial charge < -0.3 is 20.4 Å². The number of carbonyl (C=O) groups is 1. The molecule has 2 aromatic heterocycles. The van der Waals surface area contributed by atoms with E-state index in [1.165, 1.54) is 4.90 Å². The molecule has 0 aliphatic carbocycles. The molecular formula is C23H21F6N7O. The molecule has 2 N–H and O–H groups in total. The second kappa shape index (κ2) is 10.1. The number of nitrogens with one attached hydrogen (secondary N) is 2. The molecule has 1 saturated heterocycles. The summed E-state index contributed by atoms with van der Waals surface area (Å²) in [5.41, 5.74) is -2.57. The lowest BCUT2D eigenvalue weighted by atomic mass is 10.1. The number of piperazine rings is 1. The van der Waals surface area contributed by atoms with Crippen LogP contribution in [0.3, 0.4) is 0 Å². The minimum absolute atomic E-state index is 0.00760. The van der Waals surface area contributed by atoms with Gasteiger partial charge in [0.15, 0.2) is 11.6 Å². The van der Waals surface area contributed by atoms with E-state index in [0.717, 1.165) is 5.56 Å². The molecule has 1 aromatic carbocycles. The summed E-state index contributed by atoms with van der Waals surface area (Å²) < 4.78 is 78.4. The molecule has 0 spiro atoms. The predicted octanol–water partition coefficient (Wildman–Crippen LogP) is 5.32. The van der Waals surface area contributed by atoms with Crippen LogP contribution < -0.4 is 15.5 Å². The molecule has 37 heavy (non-hydrogen) atoms. The van der Waals surface area contributed by atoms with Crippen LogP contribution in [0.5, 0.6) is 0 Å². The Balaban J connectivity index is 1.36. The number of pyridine rings is 1. The molecule has 1 aliphatic heterocycles. The van der Waals surface area contributed by atoms with Crippen molar-refractivity contribution >= 4 is 29.2 Å². The molecule has 3 heterocycles. The standard InChI is InChI=1S/C23H21F6N7O/c1-14-4-5-30-19(10-14)32-18-2-3-20(34-33-18)35-6-8-36(9-7-35)21(37)31-17-12-15(22(24,25)26)11-16(13-17)23(27,28)29/h2-5,10-13H,6-9H2,1H3,(H,31,37)(H,30,32,33). The van der Waals surface area contributed by atoms with Gasteiger partial charge in [0.2, 0.25) is 0 Å². The maximum atomic E-state index is 13.1. The fraction of sp³-hybridized carbons (Fsp3) is 0.304. The zero-order valence-corrected chi connectivity index (χ0v) is 19.4. The Bertz CT molecular complexity index is 1220. The van der Waals surface area contributed by atoms with Gasteiger partial charge in [-0.25, -0.2) is 9.78 Å². The maximum Gasteiger partial charge on any atom is 0.416 e. The lowest BCUT2D eigenvalue weighted by Gasteiger charge is -2.35. The number of anilines is 4. The van der Waals surface area contributed by atoms with Gasteiger partial charge >= 0.3 is 18.4 Å². The summed E-state index contributed by atoms with van der Waals surface area (Å²) in [7, 11) is 0.